The maximum atomic E-state index is 12.1. The Hall–Kier alpha value is -2.64. The number of hydrogen-bond donors (Lipinski definition) is 1. The number of benzene rings is 1. The fourth-order valence-electron chi connectivity index (χ4n) is 3.44. The molecule has 1 aromatic heterocycles. The Morgan fingerprint density at radius 1 is 1.15 bits per heavy atom. The molecule has 0 spiro atoms. The molecule has 7 heteroatoms. The van der Waals surface area contributed by atoms with E-state index in [0.29, 0.717) is 30.2 Å². The molecule has 0 amide bonds. The quantitative estimate of drug-likeness (QED) is 0.798. The predicted molar refractivity (Wildman–Crippen MR) is 101 cm³/mol. The topological polar surface area (TPSA) is 75.1 Å². The van der Waals surface area contributed by atoms with Gasteiger partial charge in [-0.25, -0.2) is 0 Å². The summed E-state index contributed by atoms with van der Waals surface area (Å²) in [7, 11) is 3.12. The number of nitrogens with zero attached hydrogens (tertiary/aromatic N) is 3. The van der Waals surface area contributed by atoms with E-state index in [1.807, 2.05) is 23.1 Å². The average Bonchev–Trinajstić information content (AvgIpc) is 2.70. The lowest BCUT2D eigenvalue weighted by Gasteiger charge is -2.38. The Morgan fingerprint density at radius 3 is 2.52 bits per heavy atom. The highest BCUT2D eigenvalue weighted by molar-refractivity contribution is 5.77. The molecule has 7 nitrogen and oxygen atoms in total. The zero-order valence-corrected chi connectivity index (χ0v) is 15.7. The Bertz CT molecular complexity index is 761. The molecule has 1 saturated heterocycles. The number of ether oxygens (including phenoxy) is 2. The summed E-state index contributed by atoms with van der Waals surface area (Å²) in [4.78, 5) is 20.7. The van der Waals surface area contributed by atoms with E-state index >= 15 is 0 Å². The maximum absolute atomic E-state index is 12.1. The van der Waals surface area contributed by atoms with Crippen LogP contribution in [-0.4, -0.2) is 66.3 Å². The highest BCUT2D eigenvalue weighted by Crippen LogP contribution is 2.33. The summed E-state index contributed by atoms with van der Waals surface area (Å²) in [6.45, 7) is 3.66. The summed E-state index contributed by atoms with van der Waals surface area (Å²) < 4.78 is 10.7. The number of aromatic nitrogens is 1. The highest BCUT2D eigenvalue weighted by atomic mass is 16.5. The molecule has 2 heterocycles. The molecular formula is C20H25N3O4. The van der Waals surface area contributed by atoms with E-state index < -0.39 is 12.0 Å². The van der Waals surface area contributed by atoms with Crippen LogP contribution < -0.4 is 9.47 Å². The predicted octanol–water partition coefficient (Wildman–Crippen LogP) is 2.04. The molecule has 0 saturated carbocycles. The van der Waals surface area contributed by atoms with Crippen molar-refractivity contribution in [2.45, 2.75) is 12.6 Å². The number of carboxylic acids is 1. The van der Waals surface area contributed by atoms with Gasteiger partial charge < -0.3 is 14.6 Å². The molecule has 0 aliphatic carbocycles. The van der Waals surface area contributed by atoms with Crippen molar-refractivity contribution in [2.24, 2.45) is 0 Å². The third kappa shape index (κ3) is 4.56. The number of piperazine rings is 1. The van der Waals surface area contributed by atoms with Gasteiger partial charge in [0.1, 0.15) is 17.5 Å². The van der Waals surface area contributed by atoms with E-state index in [-0.39, 0.29) is 0 Å². The first-order chi connectivity index (χ1) is 13.1. The minimum atomic E-state index is -0.889. The van der Waals surface area contributed by atoms with Gasteiger partial charge >= 0.3 is 5.97 Å². The van der Waals surface area contributed by atoms with Gasteiger partial charge in [0.05, 0.1) is 19.9 Å². The van der Waals surface area contributed by atoms with Crippen molar-refractivity contribution < 1.29 is 19.4 Å². The van der Waals surface area contributed by atoms with Gasteiger partial charge in [0, 0.05) is 44.5 Å². The van der Waals surface area contributed by atoms with Crippen LogP contribution in [0.5, 0.6) is 11.5 Å². The Morgan fingerprint density at radius 2 is 1.93 bits per heavy atom. The summed E-state index contributed by atoms with van der Waals surface area (Å²) in [6.07, 6.45) is 1.79. The fourth-order valence-corrected chi connectivity index (χ4v) is 3.44. The van der Waals surface area contributed by atoms with Crippen molar-refractivity contribution in [3.05, 3.63) is 53.9 Å². The van der Waals surface area contributed by atoms with Gasteiger partial charge in [0.2, 0.25) is 0 Å². The third-order valence-electron chi connectivity index (χ3n) is 4.85. The van der Waals surface area contributed by atoms with Crippen LogP contribution >= 0.6 is 0 Å². The zero-order valence-electron chi connectivity index (χ0n) is 15.7. The second-order valence-corrected chi connectivity index (χ2v) is 6.48. The molecule has 1 atom stereocenters. The van der Waals surface area contributed by atoms with Crippen molar-refractivity contribution in [1.29, 1.82) is 0 Å². The Kier molecular flexibility index (Phi) is 6.26. The minimum Gasteiger partial charge on any atom is -0.497 e. The molecule has 1 aliphatic rings. The molecular weight excluding hydrogens is 346 g/mol. The second kappa shape index (κ2) is 8.83. The fraction of sp³-hybridized carbons (Fsp3) is 0.400. The van der Waals surface area contributed by atoms with Crippen LogP contribution in [0, 0.1) is 0 Å². The van der Waals surface area contributed by atoms with Crippen LogP contribution in [-0.2, 0) is 11.3 Å². The molecule has 0 unspecified atom stereocenters. The zero-order chi connectivity index (χ0) is 19.2. The third-order valence-corrected chi connectivity index (χ3v) is 4.85. The van der Waals surface area contributed by atoms with Crippen LogP contribution in [0.15, 0.2) is 42.6 Å². The molecule has 0 radical (unpaired) electrons. The largest absolute Gasteiger partial charge is 0.497 e. The number of pyridine rings is 1. The van der Waals surface area contributed by atoms with Gasteiger partial charge in [0.15, 0.2) is 0 Å². The van der Waals surface area contributed by atoms with Gasteiger partial charge in [-0.2, -0.15) is 0 Å². The van der Waals surface area contributed by atoms with Crippen LogP contribution in [0.25, 0.3) is 0 Å². The van der Waals surface area contributed by atoms with Gasteiger partial charge in [-0.1, -0.05) is 6.07 Å². The van der Waals surface area contributed by atoms with Crippen LogP contribution in [0.2, 0.25) is 0 Å². The van der Waals surface area contributed by atoms with Gasteiger partial charge in [-0.3, -0.25) is 19.6 Å². The second-order valence-electron chi connectivity index (χ2n) is 6.48. The number of hydrogen-bond acceptors (Lipinski definition) is 6. The summed E-state index contributed by atoms with van der Waals surface area (Å²) in [6, 6.07) is 10.4. The van der Waals surface area contributed by atoms with Crippen LogP contribution in [0.1, 0.15) is 17.3 Å². The summed E-state index contributed by atoms with van der Waals surface area (Å²) in [5, 5.41) is 9.90. The normalized spacial score (nSPS) is 16.7. The van der Waals surface area contributed by atoms with Gasteiger partial charge in [0.25, 0.3) is 0 Å². The first-order valence-corrected chi connectivity index (χ1v) is 8.93. The number of carbonyl (C=O) groups is 1. The summed E-state index contributed by atoms with van der Waals surface area (Å²) in [5.41, 5.74) is 1.64. The highest BCUT2D eigenvalue weighted by Gasteiger charge is 2.32. The van der Waals surface area contributed by atoms with E-state index in [0.717, 1.165) is 25.3 Å². The lowest BCUT2D eigenvalue weighted by Crippen LogP contribution is -2.49. The SMILES string of the molecule is COc1ccc(OC)c([C@H](C(=O)O)N2CCN(Cc3ccccn3)CC2)c1. The number of aliphatic carboxylic acids is 1. The molecule has 1 N–H and O–H groups in total. The first-order valence-electron chi connectivity index (χ1n) is 8.93. The van der Waals surface area contributed by atoms with E-state index in [1.165, 1.54) is 0 Å². The van der Waals surface area contributed by atoms with Crippen molar-refractivity contribution in [1.82, 2.24) is 14.8 Å². The monoisotopic (exact) mass is 371 g/mol. The lowest BCUT2D eigenvalue weighted by atomic mass is 10.0. The van der Waals surface area contributed by atoms with Crippen molar-refractivity contribution in [3.63, 3.8) is 0 Å². The molecule has 1 aromatic carbocycles. The number of methoxy groups -OCH3 is 2. The van der Waals surface area contributed by atoms with Crippen molar-refractivity contribution in [3.8, 4) is 11.5 Å². The summed E-state index contributed by atoms with van der Waals surface area (Å²) >= 11 is 0. The molecule has 0 bridgehead atoms. The summed E-state index contributed by atoms with van der Waals surface area (Å²) in [5.74, 6) is 0.282. The molecule has 1 aliphatic heterocycles. The minimum absolute atomic E-state index is 0.555. The van der Waals surface area contributed by atoms with Crippen molar-refractivity contribution >= 4 is 5.97 Å². The lowest BCUT2D eigenvalue weighted by molar-refractivity contribution is -0.144. The van der Waals surface area contributed by atoms with Gasteiger partial charge in [-0.15, -0.1) is 0 Å². The van der Waals surface area contributed by atoms with E-state index in [9.17, 15) is 9.90 Å². The van der Waals surface area contributed by atoms with E-state index in [2.05, 4.69) is 9.88 Å². The Balaban J connectivity index is 1.73. The Labute approximate surface area is 159 Å². The van der Waals surface area contributed by atoms with Crippen molar-refractivity contribution in [2.75, 3.05) is 40.4 Å². The molecule has 3 rings (SSSR count). The molecule has 1 fully saturated rings. The number of rotatable bonds is 7. The smallest absolute Gasteiger partial charge is 0.325 e. The maximum Gasteiger partial charge on any atom is 0.325 e. The van der Waals surface area contributed by atoms with Gasteiger partial charge in [-0.05, 0) is 30.3 Å². The molecule has 27 heavy (non-hydrogen) atoms. The van der Waals surface area contributed by atoms with Crippen LogP contribution in [0.3, 0.4) is 0 Å². The molecule has 2 aromatic rings. The van der Waals surface area contributed by atoms with Crippen LogP contribution in [0.4, 0.5) is 0 Å². The number of carboxylic acid groups (broad SMARTS) is 1. The standard InChI is InChI=1S/C20H25N3O4/c1-26-16-6-7-18(27-2)17(13-16)19(20(24)25)23-11-9-22(10-12-23)14-15-5-3-4-8-21-15/h3-8,13,19H,9-12,14H2,1-2H3,(H,24,25)/t19-/m1/s1. The first kappa shape index (κ1) is 19.1. The van der Waals surface area contributed by atoms with E-state index in [4.69, 9.17) is 9.47 Å². The molecule has 144 valence electrons. The van der Waals surface area contributed by atoms with E-state index in [1.54, 1.807) is 38.6 Å². The average molecular weight is 371 g/mol.